The van der Waals surface area contributed by atoms with E-state index in [0.29, 0.717) is 0 Å². The van der Waals surface area contributed by atoms with Crippen LogP contribution in [0.5, 0.6) is 0 Å². The van der Waals surface area contributed by atoms with Crippen LogP contribution in [0.25, 0.3) is 0 Å². The first-order valence-corrected chi connectivity index (χ1v) is 8.64. The normalized spacial score (nSPS) is 31.7. The molecule has 11 heteroatoms. The standard InChI is InChI=1S/C16H29NO10/c1-8(20)10(5-18)7-26-16(15(24)25)4-12(23)14(17-9(2)21)13(27-16)3-11(22)6-19/h8,10-14,18-20,22-23H,3-7H2,1-2H3,(H,17,21)(H,24,25)/t8-,10+,11+,12-,13?,14?,16-/m1/s1. The zero-order valence-corrected chi connectivity index (χ0v) is 15.3. The number of ether oxygens (including phenoxy) is 2. The molecule has 27 heavy (non-hydrogen) atoms. The fourth-order valence-electron chi connectivity index (χ4n) is 2.86. The minimum atomic E-state index is -2.31. The van der Waals surface area contributed by atoms with Gasteiger partial charge in [-0.1, -0.05) is 0 Å². The van der Waals surface area contributed by atoms with Crippen molar-refractivity contribution >= 4 is 11.9 Å². The molecule has 1 amide bonds. The van der Waals surface area contributed by atoms with Gasteiger partial charge < -0.3 is 45.4 Å². The highest BCUT2D eigenvalue weighted by Gasteiger charge is 2.53. The van der Waals surface area contributed by atoms with Crippen LogP contribution in [0.15, 0.2) is 0 Å². The predicted octanol–water partition coefficient (Wildman–Crippen LogP) is -2.83. The molecule has 0 bridgehead atoms. The smallest absolute Gasteiger partial charge is 0.364 e. The van der Waals surface area contributed by atoms with Gasteiger partial charge in [0.2, 0.25) is 5.91 Å². The molecule has 0 spiro atoms. The molecule has 11 nitrogen and oxygen atoms in total. The van der Waals surface area contributed by atoms with Crippen LogP contribution in [0.2, 0.25) is 0 Å². The van der Waals surface area contributed by atoms with Gasteiger partial charge in [0.05, 0.1) is 50.3 Å². The summed E-state index contributed by atoms with van der Waals surface area (Å²) < 4.78 is 10.9. The molecule has 158 valence electrons. The zero-order chi connectivity index (χ0) is 20.8. The van der Waals surface area contributed by atoms with E-state index in [4.69, 9.17) is 14.6 Å². The van der Waals surface area contributed by atoms with Gasteiger partial charge in [-0.05, 0) is 6.92 Å². The molecule has 1 fully saturated rings. The Labute approximate surface area is 156 Å². The maximum Gasteiger partial charge on any atom is 0.364 e. The summed E-state index contributed by atoms with van der Waals surface area (Å²) in [5, 5.41) is 60.1. The number of amides is 1. The van der Waals surface area contributed by atoms with Crippen LogP contribution < -0.4 is 5.32 Å². The van der Waals surface area contributed by atoms with Crippen molar-refractivity contribution in [3.05, 3.63) is 0 Å². The molecule has 1 rings (SSSR count). The van der Waals surface area contributed by atoms with Crippen molar-refractivity contribution in [3.8, 4) is 0 Å². The first kappa shape index (κ1) is 23.7. The van der Waals surface area contributed by atoms with Crippen LogP contribution in [-0.2, 0) is 19.1 Å². The van der Waals surface area contributed by atoms with Gasteiger partial charge in [0.1, 0.15) is 0 Å². The van der Waals surface area contributed by atoms with E-state index >= 15 is 0 Å². The van der Waals surface area contributed by atoms with Gasteiger partial charge in [0.25, 0.3) is 5.79 Å². The minimum absolute atomic E-state index is 0.267. The third-order valence-corrected chi connectivity index (χ3v) is 4.49. The van der Waals surface area contributed by atoms with Gasteiger partial charge in [0.15, 0.2) is 0 Å². The number of carboxylic acid groups (broad SMARTS) is 1. The fourth-order valence-corrected chi connectivity index (χ4v) is 2.86. The Hall–Kier alpha value is -1.34. The van der Waals surface area contributed by atoms with Gasteiger partial charge in [-0.25, -0.2) is 4.79 Å². The lowest BCUT2D eigenvalue weighted by atomic mass is 9.90. The summed E-state index contributed by atoms with van der Waals surface area (Å²) in [6, 6.07) is -1.02. The van der Waals surface area contributed by atoms with Crippen molar-refractivity contribution in [2.45, 2.75) is 62.9 Å². The lowest BCUT2D eigenvalue weighted by molar-refractivity contribution is -0.302. The number of nitrogens with one attached hydrogen (secondary N) is 1. The van der Waals surface area contributed by atoms with E-state index in [2.05, 4.69) is 5.32 Å². The molecule has 2 unspecified atom stereocenters. The maximum absolute atomic E-state index is 11.8. The highest BCUT2D eigenvalue weighted by atomic mass is 16.7. The summed E-state index contributed by atoms with van der Waals surface area (Å²) in [6.07, 6.45) is -5.60. The average Bonchev–Trinajstić information content (AvgIpc) is 2.57. The molecule has 7 N–H and O–H groups in total. The van der Waals surface area contributed by atoms with Crippen LogP contribution in [0.4, 0.5) is 0 Å². The second-order valence-electron chi connectivity index (χ2n) is 6.78. The number of aliphatic hydroxyl groups excluding tert-OH is 5. The lowest BCUT2D eigenvalue weighted by Crippen LogP contribution is -2.64. The lowest BCUT2D eigenvalue weighted by Gasteiger charge is -2.45. The van der Waals surface area contributed by atoms with Crippen LogP contribution in [-0.4, -0.2) is 98.6 Å². The van der Waals surface area contributed by atoms with Crippen molar-refractivity contribution < 1.29 is 49.7 Å². The van der Waals surface area contributed by atoms with Crippen LogP contribution in [0.3, 0.4) is 0 Å². The molecule has 1 aliphatic heterocycles. The van der Waals surface area contributed by atoms with Crippen molar-refractivity contribution in [2.75, 3.05) is 19.8 Å². The molecular weight excluding hydrogens is 366 g/mol. The predicted molar refractivity (Wildman–Crippen MR) is 89.4 cm³/mol. The average molecular weight is 395 g/mol. The van der Waals surface area contributed by atoms with E-state index < -0.39 is 73.7 Å². The molecule has 1 heterocycles. The molecule has 0 aromatic carbocycles. The highest BCUT2D eigenvalue weighted by molar-refractivity contribution is 5.76. The topological polar surface area (TPSA) is 186 Å². The van der Waals surface area contributed by atoms with Gasteiger partial charge in [-0.2, -0.15) is 0 Å². The summed E-state index contributed by atoms with van der Waals surface area (Å²) in [5.74, 6) is -5.13. The first-order chi connectivity index (χ1) is 12.6. The van der Waals surface area contributed by atoms with E-state index in [-0.39, 0.29) is 13.0 Å². The number of carbonyl (C=O) groups is 2. The van der Waals surface area contributed by atoms with Crippen LogP contribution in [0, 0.1) is 5.92 Å². The largest absolute Gasteiger partial charge is 0.477 e. The Balaban J connectivity index is 3.07. The fraction of sp³-hybridized carbons (Fsp3) is 0.875. The molecule has 0 aliphatic carbocycles. The Kier molecular flexibility index (Phi) is 9.02. The number of aliphatic hydroxyl groups is 5. The van der Waals surface area contributed by atoms with Crippen molar-refractivity contribution in [3.63, 3.8) is 0 Å². The third kappa shape index (κ3) is 6.35. The van der Waals surface area contributed by atoms with E-state index in [9.17, 15) is 35.1 Å². The number of carboxylic acids is 1. The van der Waals surface area contributed by atoms with E-state index in [0.717, 1.165) is 0 Å². The second-order valence-corrected chi connectivity index (χ2v) is 6.78. The van der Waals surface area contributed by atoms with E-state index in [1.165, 1.54) is 13.8 Å². The molecule has 0 radical (unpaired) electrons. The Morgan fingerprint density at radius 2 is 1.93 bits per heavy atom. The number of hydrogen-bond acceptors (Lipinski definition) is 9. The van der Waals surface area contributed by atoms with Crippen molar-refractivity contribution in [2.24, 2.45) is 5.92 Å². The summed E-state index contributed by atoms with van der Waals surface area (Å²) >= 11 is 0. The number of aliphatic carboxylic acids is 1. The Morgan fingerprint density at radius 3 is 2.37 bits per heavy atom. The van der Waals surface area contributed by atoms with Gasteiger partial charge in [0, 0.05) is 25.7 Å². The van der Waals surface area contributed by atoms with E-state index in [1.54, 1.807) is 0 Å². The van der Waals surface area contributed by atoms with Gasteiger partial charge >= 0.3 is 5.97 Å². The molecule has 0 aromatic rings. The molecular formula is C16H29NO10. The summed E-state index contributed by atoms with van der Waals surface area (Å²) in [4.78, 5) is 23.2. The van der Waals surface area contributed by atoms with Crippen molar-refractivity contribution in [1.82, 2.24) is 5.32 Å². The van der Waals surface area contributed by atoms with Crippen LogP contribution >= 0.6 is 0 Å². The second kappa shape index (κ2) is 10.3. The first-order valence-electron chi connectivity index (χ1n) is 8.64. The molecule has 1 aliphatic rings. The van der Waals surface area contributed by atoms with E-state index in [1.807, 2.05) is 0 Å². The van der Waals surface area contributed by atoms with Gasteiger partial charge in [-0.15, -0.1) is 0 Å². The summed E-state index contributed by atoms with van der Waals surface area (Å²) in [7, 11) is 0. The summed E-state index contributed by atoms with van der Waals surface area (Å²) in [5.41, 5.74) is 0. The van der Waals surface area contributed by atoms with Crippen molar-refractivity contribution in [1.29, 1.82) is 0 Å². The minimum Gasteiger partial charge on any atom is -0.477 e. The Bertz CT molecular complexity index is 502. The SMILES string of the molecule is CC(=O)NC1C(C[C@H](O)CO)O[C@@](OC[C@H](CO)[C@@H](C)O)(C(=O)O)C[C@H]1O. The quantitative estimate of drug-likeness (QED) is 0.203. The number of rotatable bonds is 10. The number of hydrogen-bond donors (Lipinski definition) is 7. The van der Waals surface area contributed by atoms with Gasteiger partial charge in [-0.3, -0.25) is 4.79 Å². The maximum atomic E-state index is 11.8. The molecule has 0 aromatic heterocycles. The summed E-state index contributed by atoms with van der Waals surface area (Å²) in [6.45, 7) is 1.15. The molecule has 0 saturated carbocycles. The highest BCUT2D eigenvalue weighted by Crippen LogP contribution is 2.33. The number of carbonyl (C=O) groups excluding carboxylic acids is 1. The Morgan fingerprint density at radius 1 is 1.30 bits per heavy atom. The van der Waals surface area contributed by atoms with Crippen LogP contribution in [0.1, 0.15) is 26.7 Å². The zero-order valence-electron chi connectivity index (χ0n) is 15.3. The molecule has 1 saturated heterocycles. The third-order valence-electron chi connectivity index (χ3n) is 4.49. The monoisotopic (exact) mass is 395 g/mol. The molecule has 7 atom stereocenters.